The summed E-state index contributed by atoms with van der Waals surface area (Å²) in [4.78, 5) is 25.9. The summed E-state index contributed by atoms with van der Waals surface area (Å²) in [5.74, 6) is -1.36. The van der Waals surface area contributed by atoms with Crippen LogP contribution in [0.25, 0.3) is 0 Å². The van der Waals surface area contributed by atoms with Crippen LogP contribution < -0.4 is 4.74 Å². The lowest BCUT2D eigenvalue weighted by molar-refractivity contribution is -0.162. The second kappa shape index (κ2) is 7.09. The standard InChI is InChI=1S/C17H23NO6/c1-3-7-17(16(22)23)10-18(8-6-14(17)20)15(21)11-4-5-13(24-2)12(19)9-11/h4-5,9,14,19-20H,3,6-8,10H2,1-2H3,(H,22,23)/t14-,17+/m0/s1. The number of ether oxygens (including phenoxy) is 1. The van der Waals surface area contributed by atoms with E-state index in [0.29, 0.717) is 12.8 Å². The molecular formula is C17H23NO6. The number of piperidine rings is 1. The molecule has 1 aromatic carbocycles. The van der Waals surface area contributed by atoms with E-state index in [2.05, 4.69) is 0 Å². The third kappa shape index (κ3) is 3.17. The van der Waals surface area contributed by atoms with Gasteiger partial charge in [0.25, 0.3) is 5.91 Å². The SMILES string of the molecule is CCC[C@@]1(C(=O)O)CN(C(=O)c2ccc(OC)c(O)c2)CC[C@@H]1O. The maximum atomic E-state index is 12.7. The van der Waals surface area contributed by atoms with Gasteiger partial charge in [-0.15, -0.1) is 0 Å². The number of nitrogens with zero attached hydrogens (tertiary/aromatic N) is 1. The van der Waals surface area contributed by atoms with Gasteiger partial charge in [0, 0.05) is 18.7 Å². The zero-order chi connectivity index (χ0) is 17.9. The molecule has 0 radical (unpaired) electrons. The monoisotopic (exact) mass is 337 g/mol. The lowest BCUT2D eigenvalue weighted by Gasteiger charge is -2.43. The van der Waals surface area contributed by atoms with E-state index in [4.69, 9.17) is 4.74 Å². The minimum atomic E-state index is -1.35. The number of hydrogen-bond donors (Lipinski definition) is 3. The number of methoxy groups -OCH3 is 1. The fourth-order valence-corrected chi connectivity index (χ4v) is 3.27. The van der Waals surface area contributed by atoms with E-state index in [9.17, 15) is 24.9 Å². The summed E-state index contributed by atoms with van der Waals surface area (Å²) < 4.78 is 4.95. The van der Waals surface area contributed by atoms with Gasteiger partial charge in [-0.25, -0.2) is 0 Å². The highest BCUT2D eigenvalue weighted by Gasteiger charge is 2.49. The van der Waals surface area contributed by atoms with Gasteiger partial charge in [-0.2, -0.15) is 0 Å². The van der Waals surface area contributed by atoms with Gasteiger partial charge < -0.3 is 25.0 Å². The Labute approximate surface area is 140 Å². The molecule has 0 saturated carbocycles. The number of phenols is 1. The molecule has 1 saturated heterocycles. The first-order valence-corrected chi connectivity index (χ1v) is 7.93. The van der Waals surface area contributed by atoms with Gasteiger partial charge >= 0.3 is 5.97 Å². The summed E-state index contributed by atoms with van der Waals surface area (Å²) in [7, 11) is 1.41. The number of carboxylic acid groups (broad SMARTS) is 1. The number of hydrogen-bond acceptors (Lipinski definition) is 5. The summed E-state index contributed by atoms with van der Waals surface area (Å²) in [5.41, 5.74) is -1.10. The van der Waals surface area contributed by atoms with Gasteiger partial charge in [0.2, 0.25) is 0 Å². The van der Waals surface area contributed by atoms with Crippen molar-refractivity contribution in [2.75, 3.05) is 20.2 Å². The zero-order valence-corrected chi connectivity index (χ0v) is 13.9. The number of aliphatic carboxylic acids is 1. The lowest BCUT2D eigenvalue weighted by atomic mass is 9.74. The normalized spacial score (nSPS) is 23.8. The third-order valence-corrected chi connectivity index (χ3v) is 4.62. The van der Waals surface area contributed by atoms with Crippen molar-refractivity contribution in [1.82, 2.24) is 4.90 Å². The van der Waals surface area contributed by atoms with Gasteiger partial charge in [0.05, 0.1) is 13.2 Å². The van der Waals surface area contributed by atoms with E-state index in [1.807, 2.05) is 6.92 Å². The third-order valence-electron chi connectivity index (χ3n) is 4.62. The van der Waals surface area contributed by atoms with Crippen LogP contribution in [0, 0.1) is 5.41 Å². The van der Waals surface area contributed by atoms with Gasteiger partial charge in [0.15, 0.2) is 11.5 Å². The molecule has 2 rings (SSSR count). The number of aliphatic hydroxyl groups excluding tert-OH is 1. The molecule has 3 N–H and O–H groups in total. The number of carbonyl (C=O) groups is 2. The molecule has 1 fully saturated rings. The van der Waals surface area contributed by atoms with Crippen molar-refractivity contribution in [3.05, 3.63) is 23.8 Å². The summed E-state index contributed by atoms with van der Waals surface area (Å²) in [6, 6.07) is 4.31. The molecule has 0 aromatic heterocycles. The van der Waals surface area contributed by atoms with Gasteiger partial charge in [0.1, 0.15) is 5.41 Å². The van der Waals surface area contributed by atoms with E-state index in [0.717, 1.165) is 0 Å². The first-order valence-electron chi connectivity index (χ1n) is 7.93. The summed E-state index contributed by atoms with van der Waals surface area (Å²) in [6.45, 7) is 2.06. The molecular weight excluding hydrogens is 314 g/mol. The number of rotatable bonds is 5. The molecule has 7 heteroatoms. The molecule has 24 heavy (non-hydrogen) atoms. The second-order valence-corrected chi connectivity index (χ2v) is 6.13. The van der Waals surface area contributed by atoms with Crippen molar-refractivity contribution in [1.29, 1.82) is 0 Å². The van der Waals surface area contributed by atoms with E-state index >= 15 is 0 Å². The van der Waals surface area contributed by atoms with E-state index in [1.54, 1.807) is 0 Å². The molecule has 1 heterocycles. The Morgan fingerprint density at radius 3 is 2.67 bits per heavy atom. The van der Waals surface area contributed by atoms with Crippen molar-refractivity contribution >= 4 is 11.9 Å². The number of phenolic OH excluding ortho intramolecular Hbond substituents is 1. The molecule has 2 atom stereocenters. The van der Waals surface area contributed by atoms with Crippen molar-refractivity contribution < 1.29 is 29.6 Å². The Bertz CT molecular complexity index is 632. The van der Waals surface area contributed by atoms with Crippen LogP contribution in [0.4, 0.5) is 0 Å². The molecule has 0 unspecified atom stereocenters. The van der Waals surface area contributed by atoms with Crippen LogP contribution in [0.2, 0.25) is 0 Å². The molecule has 0 spiro atoms. The van der Waals surface area contributed by atoms with Crippen LogP contribution in [0.1, 0.15) is 36.5 Å². The summed E-state index contributed by atoms with van der Waals surface area (Å²) in [6.07, 6.45) is 0.110. The maximum Gasteiger partial charge on any atom is 0.314 e. The molecule has 1 aliphatic rings. The molecule has 1 amide bonds. The second-order valence-electron chi connectivity index (χ2n) is 6.13. The number of carbonyl (C=O) groups excluding carboxylic acids is 1. The summed E-state index contributed by atoms with van der Waals surface area (Å²) in [5, 5.41) is 29.7. The average Bonchev–Trinajstić information content (AvgIpc) is 2.56. The minimum absolute atomic E-state index is 0.0526. The topological polar surface area (TPSA) is 107 Å². The van der Waals surface area contributed by atoms with Crippen LogP contribution in [-0.4, -0.2) is 58.4 Å². The Balaban J connectivity index is 2.27. The minimum Gasteiger partial charge on any atom is -0.504 e. The maximum absolute atomic E-state index is 12.7. The molecule has 0 bridgehead atoms. The van der Waals surface area contributed by atoms with E-state index in [-0.39, 0.29) is 42.5 Å². The van der Waals surface area contributed by atoms with Gasteiger partial charge in [-0.3, -0.25) is 9.59 Å². The first-order chi connectivity index (χ1) is 11.4. The highest BCUT2D eigenvalue weighted by molar-refractivity contribution is 5.95. The van der Waals surface area contributed by atoms with Crippen molar-refractivity contribution in [2.24, 2.45) is 5.41 Å². The predicted octanol–water partition coefficient (Wildman–Crippen LogP) is 1.48. The van der Waals surface area contributed by atoms with Crippen LogP contribution >= 0.6 is 0 Å². The molecule has 1 aromatic rings. The van der Waals surface area contributed by atoms with E-state index < -0.39 is 17.5 Å². The number of benzene rings is 1. The highest BCUT2D eigenvalue weighted by Crippen LogP contribution is 2.36. The number of likely N-dealkylation sites (tertiary alicyclic amines) is 1. The van der Waals surface area contributed by atoms with Crippen LogP contribution in [0.15, 0.2) is 18.2 Å². The average molecular weight is 337 g/mol. The van der Waals surface area contributed by atoms with E-state index in [1.165, 1.54) is 30.2 Å². The Hall–Kier alpha value is -2.28. The molecule has 1 aliphatic heterocycles. The van der Waals surface area contributed by atoms with Gasteiger partial charge in [-0.1, -0.05) is 13.3 Å². The lowest BCUT2D eigenvalue weighted by Crippen LogP contribution is -2.57. The Morgan fingerprint density at radius 1 is 1.42 bits per heavy atom. The molecule has 0 aliphatic carbocycles. The molecule has 7 nitrogen and oxygen atoms in total. The highest BCUT2D eigenvalue weighted by atomic mass is 16.5. The van der Waals surface area contributed by atoms with Crippen molar-refractivity contribution in [3.63, 3.8) is 0 Å². The fraction of sp³-hybridized carbons (Fsp3) is 0.529. The number of aromatic hydroxyl groups is 1. The summed E-state index contributed by atoms with van der Waals surface area (Å²) >= 11 is 0. The zero-order valence-electron chi connectivity index (χ0n) is 13.9. The Morgan fingerprint density at radius 2 is 2.12 bits per heavy atom. The van der Waals surface area contributed by atoms with Crippen molar-refractivity contribution in [2.45, 2.75) is 32.3 Å². The van der Waals surface area contributed by atoms with Crippen LogP contribution in [-0.2, 0) is 4.79 Å². The Kier molecular flexibility index (Phi) is 5.33. The number of aliphatic hydroxyl groups is 1. The predicted molar refractivity (Wildman–Crippen MR) is 86.2 cm³/mol. The quantitative estimate of drug-likeness (QED) is 0.751. The van der Waals surface area contributed by atoms with Crippen LogP contribution in [0.3, 0.4) is 0 Å². The van der Waals surface area contributed by atoms with Gasteiger partial charge in [-0.05, 0) is 31.0 Å². The smallest absolute Gasteiger partial charge is 0.314 e. The first kappa shape index (κ1) is 18.1. The largest absolute Gasteiger partial charge is 0.504 e. The molecule has 132 valence electrons. The van der Waals surface area contributed by atoms with Crippen LogP contribution in [0.5, 0.6) is 11.5 Å². The van der Waals surface area contributed by atoms with Crippen molar-refractivity contribution in [3.8, 4) is 11.5 Å². The number of amides is 1. The number of carboxylic acids is 1. The fourth-order valence-electron chi connectivity index (χ4n) is 3.27.